The van der Waals surface area contributed by atoms with Crippen molar-refractivity contribution >= 4 is 23.2 Å². The summed E-state index contributed by atoms with van der Waals surface area (Å²) < 4.78 is 6.67. The zero-order valence-electron chi connectivity index (χ0n) is 13.4. The lowest BCUT2D eigenvalue weighted by molar-refractivity contribution is -0.107. The van der Waals surface area contributed by atoms with Gasteiger partial charge in [0, 0.05) is 11.8 Å². The second-order valence-electron chi connectivity index (χ2n) is 5.52. The number of aryl methyl sites for hydroxylation is 1. The standard InChI is InChI=1S/C19H18N2O3/c1-24-19(23)15-9-10-16-17(8-5-11-22)20-21(18(16)12-15)13-14-6-3-2-4-7-14/h2-4,6-7,9-12H,5,8,13H2,1H3. The van der Waals surface area contributed by atoms with Gasteiger partial charge in [0.05, 0.1) is 30.4 Å². The molecule has 0 aliphatic rings. The molecule has 0 aliphatic heterocycles. The van der Waals surface area contributed by atoms with Crippen LogP contribution in [0.2, 0.25) is 0 Å². The molecule has 0 unspecified atom stereocenters. The average molecular weight is 322 g/mol. The van der Waals surface area contributed by atoms with Gasteiger partial charge in [-0.2, -0.15) is 5.10 Å². The van der Waals surface area contributed by atoms with E-state index in [0.29, 0.717) is 24.9 Å². The summed E-state index contributed by atoms with van der Waals surface area (Å²) in [5, 5.41) is 5.61. The lowest BCUT2D eigenvalue weighted by Gasteiger charge is -2.05. The highest BCUT2D eigenvalue weighted by molar-refractivity contribution is 5.95. The van der Waals surface area contributed by atoms with Gasteiger partial charge in [0.25, 0.3) is 0 Å². The lowest BCUT2D eigenvalue weighted by Crippen LogP contribution is -2.04. The van der Waals surface area contributed by atoms with Crippen LogP contribution in [0.3, 0.4) is 0 Å². The Morgan fingerprint density at radius 3 is 2.71 bits per heavy atom. The van der Waals surface area contributed by atoms with Crippen LogP contribution in [0.25, 0.3) is 10.9 Å². The Kier molecular flexibility index (Phi) is 4.70. The number of aromatic nitrogens is 2. The fourth-order valence-corrected chi connectivity index (χ4v) is 2.74. The molecule has 0 atom stereocenters. The molecule has 0 fully saturated rings. The predicted molar refractivity (Wildman–Crippen MR) is 91.0 cm³/mol. The molecule has 122 valence electrons. The maximum Gasteiger partial charge on any atom is 0.337 e. The molecule has 3 aromatic rings. The quantitative estimate of drug-likeness (QED) is 0.517. The fourth-order valence-electron chi connectivity index (χ4n) is 2.74. The Morgan fingerprint density at radius 1 is 1.21 bits per heavy atom. The van der Waals surface area contributed by atoms with Crippen molar-refractivity contribution in [1.82, 2.24) is 9.78 Å². The number of carbonyl (C=O) groups excluding carboxylic acids is 2. The number of nitrogens with zero attached hydrogens (tertiary/aromatic N) is 2. The van der Waals surface area contributed by atoms with E-state index < -0.39 is 0 Å². The Bertz CT molecular complexity index is 869. The smallest absolute Gasteiger partial charge is 0.337 e. The van der Waals surface area contributed by atoms with Gasteiger partial charge in [-0.25, -0.2) is 4.79 Å². The molecule has 0 N–H and O–H groups in total. The van der Waals surface area contributed by atoms with Gasteiger partial charge in [0.2, 0.25) is 0 Å². The Labute approximate surface area is 139 Å². The summed E-state index contributed by atoms with van der Waals surface area (Å²) in [5.74, 6) is -0.376. The van der Waals surface area contributed by atoms with Gasteiger partial charge in [-0.3, -0.25) is 4.68 Å². The molecule has 5 nitrogen and oxygen atoms in total. The number of rotatable bonds is 6. The summed E-state index contributed by atoms with van der Waals surface area (Å²) in [6.07, 6.45) is 1.90. The van der Waals surface area contributed by atoms with Crippen molar-refractivity contribution in [1.29, 1.82) is 0 Å². The monoisotopic (exact) mass is 322 g/mol. The molecule has 0 saturated heterocycles. The fraction of sp³-hybridized carbons (Fsp3) is 0.211. The van der Waals surface area contributed by atoms with Crippen LogP contribution in [-0.2, 0) is 22.5 Å². The summed E-state index contributed by atoms with van der Waals surface area (Å²) in [5.41, 5.74) is 3.33. The molecule has 0 amide bonds. The van der Waals surface area contributed by atoms with E-state index >= 15 is 0 Å². The van der Waals surface area contributed by atoms with Crippen molar-refractivity contribution in [2.45, 2.75) is 19.4 Å². The zero-order valence-corrected chi connectivity index (χ0v) is 13.4. The van der Waals surface area contributed by atoms with Crippen LogP contribution in [0.15, 0.2) is 48.5 Å². The summed E-state index contributed by atoms with van der Waals surface area (Å²) in [6, 6.07) is 15.4. The van der Waals surface area contributed by atoms with E-state index in [1.165, 1.54) is 7.11 Å². The molecule has 0 spiro atoms. The highest BCUT2D eigenvalue weighted by Gasteiger charge is 2.14. The molecule has 2 aromatic carbocycles. The Morgan fingerprint density at radius 2 is 2.00 bits per heavy atom. The SMILES string of the molecule is COC(=O)c1ccc2c(CCC=O)nn(Cc3ccccc3)c2c1. The summed E-state index contributed by atoms with van der Waals surface area (Å²) in [7, 11) is 1.36. The molecule has 0 radical (unpaired) electrons. The maximum atomic E-state index is 11.8. The summed E-state index contributed by atoms with van der Waals surface area (Å²) >= 11 is 0. The minimum absolute atomic E-state index is 0.376. The number of aldehydes is 1. The second-order valence-corrected chi connectivity index (χ2v) is 5.52. The third-order valence-electron chi connectivity index (χ3n) is 3.92. The third-order valence-corrected chi connectivity index (χ3v) is 3.92. The van der Waals surface area contributed by atoms with Crippen LogP contribution >= 0.6 is 0 Å². The Hall–Kier alpha value is -2.95. The molecule has 3 rings (SSSR count). The molecule has 1 heterocycles. The van der Waals surface area contributed by atoms with Crippen molar-refractivity contribution in [3.63, 3.8) is 0 Å². The number of carbonyl (C=O) groups is 2. The van der Waals surface area contributed by atoms with Crippen molar-refractivity contribution < 1.29 is 14.3 Å². The minimum Gasteiger partial charge on any atom is -0.465 e. The Balaban J connectivity index is 2.07. The average Bonchev–Trinajstić information content (AvgIpc) is 2.97. The van der Waals surface area contributed by atoms with Gasteiger partial charge >= 0.3 is 5.97 Å². The van der Waals surface area contributed by atoms with Crippen LogP contribution in [0, 0.1) is 0 Å². The molecule has 0 aliphatic carbocycles. The predicted octanol–water partition coefficient (Wildman–Crippen LogP) is 3.00. The first-order chi connectivity index (χ1) is 11.7. The normalized spacial score (nSPS) is 10.7. The van der Waals surface area contributed by atoms with Gasteiger partial charge in [0.1, 0.15) is 6.29 Å². The third kappa shape index (κ3) is 3.20. The van der Waals surface area contributed by atoms with Crippen LogP contribution < -0.4 is 0 Å². The van der Waals surface area contributed by atoms with Crippen LogP contribution in [0.5, 0.6) is 0 Å². The number of esters is 1. The van der Waals surface area contributed by atoms with E-state index in [4.69, 9.17) is 4.74 Å². The van der Waals surface area contributed by atoms with Gasteiger partial charge in [-0.15, -0.1) is 0 Å². The zero-order chi connectivity index (χ0) is 16.9. The van der Waals surface area contributed by atoms with Gasteiger partial charge in [-0.05, 0) is 24.1 Å². The number of benzene rings is 2. The molecular weight excluding hydrogens is 304 g/mol. The van der Waals surface area contributed by atoms with Crippen LogP contribution in [-0.4, -0.2) is 29.1 Å². The number of hydrogen-bond donors (Lipinski definition) is 0. The van der Waals surface area contributed by atoms with Crippen LogP contribution in [0.1, 0.15) is 28.0 Å². The number of fused-ring (bicyclic) bond motifs is 1. The van der Waals surface area contributed by atoms with Gasteiger partial charge < -0.3 is 9.53 Å². The van der Waals surface area contributed by atoms with Crippen LogP contribution in [0.4, 0.5) is 0 Å². The van der Waals surface area contributed by atoms with E-state index in [1.54, 1.807) is 12.1 Å². The highest BCUT2D eigenvalue weighted by atomic mass is 16.5. The van der Waals surface area contributed by atoms with Crippen molar-refractivity contribution in [3.8, 4) is 0 Å². The van der Waals surface area contributed by atoms with Gasteiger partial charge in [-0.1, -0.05) is 36.4 Å². The molecular formula is C19H18N2O3. The maximum absolute atomic E-state index is 11.8. The van der Waals surface area contributed by atoms with E-state index in [9.17, 15) is 9.59 Å². The van der Waals surface area contributed by atoms with E-state index in [0.717, 1.165) is 28.4 Å². The van der Waals surface area contributed by atoms with E-state index in [-0.39, 0.29) is 5.97 Å². The molecule has 0 saturated carbocycles. The lowest BCUT2D eigenvalue weighted by atomic mass is 10.1. The molecule has 5 heteroatoms. The topological polar surface area (TPSA) is 61.2 Å². The first kappa shape index (κ1) is 15.9. The van der Waals surface area contributed by atoms with Crippen molar-refractivity contribution in [2.24, 2.45) is 0 Å². The van der Waals surface area contributed by atoms with Crippen molar-refractivity contribution in [2.75, 3.05) is 7.11 Å². The first-order valence-corrected chi connectivity index (χ1v) is 7.78. The molecule has 1 aromatic heterocycles. The largest absolute Gasteiger partial charge is 0.465 e. The first-order valence-electron chi connectivity index (χ1n) is 7.78. The number of ether oxygens (including phenoxy) is 1. The summed E-state index contributed by atoms with van der Waals surface area (Å²) in [6.45, 7) is 0.600. The van der Waals surface area contributed by atoms with E-state index in [1.807, 2.05) is 41.1 Å². The highest BCUT2D eigenvalue weighted by Crippen LogP contribution is 2.23. The van der Waals surface area contributed by atoms with Crippen molar-refractivity contribution in [3.05, 3.63) is 65.4 Å². The molecule has 24 heavy (non-hydrogen) atoms. The van der Waals surface area contributed by atoms with Gasteiger partial charge in [0.15, 0.2) is 0 Å². The van der Waals surface area contributed by atoms with E-state index in [2.05, 4.69) is 5.10 Å². The number of hydrogen-bond acceptors (Lipinski definition) is 4. The summed E-state index contributed by atoms with van der Waals surface area (Å²) in [4.78, 5) is 22.5. The second kappa shape index (κ2) is 7.08. The molecule has 0 bridgehead atoms. The minimum atomic E-state index is -0.376. The number of methoxy groups -OCH3 is 1.